The Morgan fingerprint density at radius 3 is 2.35 bits per heavy atom. The zero-order valence-corrected chi connectivity index (χ0v) is 9.69. The number of carbonyl (C=O) groups excluding carboxylic acids is 2. The average molecular weight is 237 g/mol. The van der Waals surface area contributed by atoms with E-state index in [0.717, 1.165) is 5.69 Å². The molecule has 0 aliphatic rings. The lowest BCUT2D eigenvalue weighted by atomic mass is 10.3. The fraction of sp³-hybridized carbons (Fsp3) is 0.273. The number of hydrogen-bond donors (Lipinski definition) is 3. The third kappa shape index (κ3) is 4.02. The maximum Gasteiger partial charge on any atom is 0.318 e. The van der Waals surface area contributed by atoms with Crippen LogP contribution in [-0.4, -0.2) is 25.1 Å². The Morgan fingerprint density at radius 2 is 1.88 bits per heavy atom. The van der Waals surface area contributed by atoms with Crippen molar-refractivity contribution < 1.29 is 14.3 Å². The van der Waals surface area contributed by atoms with E-state index < -0.39 is 18.0 Å². The van der Waals surface area contributed by atoms with E-state index in [4.69, 9.17) is 10.5 Å². The summed E-state index contributed by atoms with van der Waals surface area (Å²) >= 11 is 0. The topological polar surface area (TPSA) is 93.4 Å². The Hall–Kier alpha value is -2.24. The summed E-state index contributed by atoms with van der Waals surface area (Å²) in [4.78, 5) is 21.8. The maximum atomic E-state index is 11.3. The first-order valence-electron chi connectivity index (χ1n) is 5.07. The Kier molecular flexibility index (Phi) is 4.33. The zero-order valence-electron chi connectivity index (χ0n) is 9.69. The molecular formula is C11H15N3O3. The third-order valence-electron chi connectivity index (χ3n) is 2.07. The van der Waals surface area contributed by atoms with E-state index in [-0.39, 0.29) is 0 Å². The molecule has 1 aromatic carbocycles. The van der Waals surface area contributed by atoms with E-state index in [1.54, 1.807) is 19.2 Å². The van der Waals surface area contributed by atoms with Gasteiger partial charge in [-0.1, -0.05) is 0 Å². The van der Waals surface area contributed by atoms with Crippen LogP contribution in [0.5, 0.6) is 5.75 Å². The van der Waals surface area contributed by atoms with Crippen LogP contribution >= 0.6 is 0 Å². The molecule has 92 valence electrons. The minimum Gasteiger partial charge on any atom is -0.481 e. The van der Waals surface area contributed by atoms with Crippen LogP contribution in [0.25, 0.3) is 0 Å². The van der Waals surface area contributed by atoms with Gasteiger partial charge in [-0.3, -0.25) is 10.1 Å². The van der Waals surface area contributed by atoms with Crippen molar-refractivity contribution in [2.24, 2.45) is 5.73 Å². The van der Waals surface area contributed by atoms with Crippen molar-refractivity contribution in [1.82, 2.24) is 5.32 Å². The van der Waals surface area contributed by atoms with Crippen molar-refractivity contribution in [2.75, 3.05) is 12.4 Å². The highest BCUT2D eigenvalue weighted by atomic mass is 16.5. The van der Waals surface area contributed by atoms with Gasteiger partial charge < -0.3 is 15.8 Å². The summed E-state index contributed by atoms with van der Waals surface area (Å²) in [6.45, 7) is 1.53. The summed E-state index contributed by atoms with van der Waals surface area (Å²) in [6.07, 6.45) is -0.789. The molecule has 6 heteroatoms. The monoisotopic (exact) mass is 237 g/mol. The number of nitrogens with one attached hydrogen (secondary N) is 2. The van der Waals surface area contributed by atoms with Gasteiger partial charge in [0.2, 0.25) is 0 Å². The number of ether oxygens (including phenoxy) is 1. The Bertz CT molecular complexity index is 403. The lowest BCUT2D eigenvalue weighted by molar-refractivity contribution is -0.126. The summed E-state index contributed by atoms with van der Waals surface area (Å²) in [5.74, 6) is -0.0358. The van der Waals surface area contributed by atoms with Crippen LogP contribution < -0.4 is 21.1 Å². The average Bonchev–Trinajstić information content (AvgIpc) is 2.29. The number of imide groups is 1. The molecule has 0 radical (unpaired) electrons. The summed E-state index contributed by atoms with van der Waals surface area (Å²) in [5.41, 5.74) is 5.76. The number of rotatable bonds is 4. The number of amides is 3. The van der Waals surface area contributed by atoms with Crippen molar-refractivity contribution in [1.29, 1.82) is 0 Å². The van der Waals surface area contributed by atoms with E-state index in [9.17, 15) is 9.59 Å². The van der Waals surface area contributed by atoms with Crippen molar-refractivity contribution >= 4 is 17.6 Å². The predicted octanol–water partition coefficient (Wildman–Crippen LogP) is 0.690. The van der Waals surface area contributed by atoms with Crippen molar-refractivity contribution in [3.63, 3.8) is 0 Å². The van der Waals surface area contributed by atoms with Crippen molar-refractivity contribution in [3.05, 3.63) is 24.3 Å². The summed E-state index contributed by atoms with van der Waals surface area (Å²) in [5, 5.41) is 4.91. The molecule has 0 saturated carbocycles. The van der Waals surface area contributed by atoms with E-state index in [1.165, 1.54) is 6.92 Å². The first-order chi connectivity index (χ1) is 8.02. The molecule has 1 unspecified atom stereocenters. The van der Waals surface area contributed by atoms with Crippen molar-refractivity contribution in [3.8, 4) is 5.75 Å². The number of carbonyl (C=O) groups is 2. The second kappa shape index (κ2) is 5.74. The Morgan fingerprint density at radius 1 is 1.29 bits per heavy atom. The Balaban J connectivity index is 2.57. The van der Waals surface area contributed by atoms with Crippen LogP contribution in [0.4, 0.5) is 10.5 Å². The number of urea groups is 1. The number of benzene rings is 1. The van der Waals surface area contributed by atoms with E-state index >= 15 is 0 Å². The van der Waals surface area contributed by atoms with E-state index in [2.05, 4.69) is 5.32 Å². The van der Waals surface area contributed by atoms with Gasteiger partial charge in [0.1, 0.15) is 5.75 Å². The fourth-order valence-electron chi connectivity index (χ4n) is 1.18. The smallest absolute Gasteiger partial charge is 0.318 e. The van der Waals surface area contributed by atoms with Gasteiger partial charge in [0.05, 0.1) is 0 Å². The molecule has 0 heterocycles. The van der Waals surface area contributed by atoms with Crippen LogP contribution in [0.1, 0.15) is 6.92 Å². The van der Waals surface area contributed by atoms with Crippen LogP contribution in [0.15, 0.2) is 24.3 Å². The highest BCUT2D eigenvalue weighted by Gasteiger charge is 2.15. The van der Waals surface area contributed by atoms with E-state index in [0.29, 0.717) is 5.75 Å². The number of hydrogen-bond acceptors (Lipinski definition) is 4. The number of anilines is 1. The second-order valence-electron chi connectivity index (χ2n) is 3.39. The molecular weight excluding hydrogens is 222 g/mol. The normalized spacial score (nSPS) is 11.4. The zero-order chi connectivity index (χ0) is 12.8. The van der Waals surface area contributed by atoms with Gasteiger partial charge in [-0.15, -0.1) is 0 Å². The first-order valence-corrected chi connectivity index (χ1v) is 5.07. The molecule has 0 aromatic heterocycles. The summed E-state index contributed by atoms with van der Waals surface area (Å²) in [6, 6.07) is 6.18. The lowest BCUT2D eigenvalue weighted by Gasteiger charge is -2.13. The molecule has 0 spiro atoms. The number of primary amides is 1. The molecule has 1 atom stereocenters. The molecule has 0 saturated heterocycles. The molecule has 0 fully saturated rings. The lowest BCUT2D eigenvalue weighted by Crippen LogP contribution is -2.42. The van der Waals surface area contributed by atoms with Gasteiger partial charge in [-0.05, 0) is 31.2 Å². The van der Waals surface area contributed by atoms with Gasteiger partial charge in [0.25, 0.3) is 5.91 Å². The first kappa shape index (κ1) is 12.8. The van der Waals surface area contributed by atoms with Gasteiger partial charge in [0, 0.05) is 12.7 Å². The van der Waals surface area contributed by atoms with Gasteiger partial charge in [-0.25, -0.2) is 4.79 Å². The van der Waals surface area contributed by atoms with Crippen molar-refractivity contribution in [2.45, 2.75) is 13.0 Å². The summed E-state index contributed by atoms with van der Waals surface area (Å²) < 4.78 is 5.33. The highest BCUT2D eigenvalue weighted by Crippen LogP contribution is 2.16. The minimum absolute atomic E-state index is 0.538. The molecule has 6 nitrogen and oxygen atoms in total. The van der Waals surface area contributed by atoms with Crippen LogP contribution in [0.2, 0.25) is 0 Å². The van der Waals surface area contributed by atoms with Gasteiger partial charge >= 0.3 is 6.03 Å². The fourth-order valence-corrected chi connectivity index (χ4v) is 1.18. The van der Waals surface area contributed by atoms with Gasteiger partial charge in [-0.2, -0.15) is 0 Å². The molecule has 1 aromatic rings. The summed E-state index contributed by atoms with van der Waals surface area (Å²) in [7, 11) is 1.80. The third-order valence-corrected chi connectivity index (χ3v) is 2.07. The molecule has 3 amide bonds. The Labute approximate surface area is 99.1 Å². The van der Waals surface area contributed by atoms with Gasteiger partial charge in [0.15, 0.2) is 6.10 Å². The van der Waals surface area contributed by atoms with E-state index in [1.807, 2.05) is 17.4 Å². The highest BCUT2D eigenvalue weighted by molar-refractivity contribution is 5.95. The van der Waals surface area contributed by atoms with Crippen LogP contribution in [0.3, 0.4) is 0 Å². The molecule has 0 aliphatic heterocycles. The molecule has 0 bridgehead atoms. The molecule has 0 aliphatic carbocycles. The standard InChI is InChI=1S/C11H15N3O3/c1-7(10(15)14-11(12)16)17-9-5-3-8(13-2)4-6-9/h3-7,13H,1-2H3,(H3,12,14,15,16). The van der Waals surface area contributed by atoms with Crippen LogP contribution in [0, 0.1) is 0 Å². The number of nitrogens with two attached hydrogens (primary N) is 1. The molecule has 17 heavy (non-hydrogen) atoms. The van der Waals surface area contributed by atoms with Crippen LogP contribution in [-0.2, 0) is 4.79 Å². The largest absolute Gasteiger partial charge is 0.481 e. The minimum atomic E-state index is -0.893. The second-order valence-corrected chi connectivity index (χ2v) is 3.39. The molecule has 4 N–H and O–H groups in total. The maximum absolute atomic E-state index is 11.3. The quantitative estimate of drug-likeness (QED) is 0.718. The molecule has 1 rings (SSSR count). The SMILES string of the molecule is CNc1ccc(OC(C)C(=O)NC(N)=O)cc1. The predicted molar refractivity (Wildman–Crippen MR) is 63.8 cm³/mol.